The lowest BCUT2D eigenvalue weighted by Gasteiger charge is -2.22. The Kier molecular flexibility index (Phi) is 4.52. The Morgan fingerprint density at radius 1 is 0.818 bits per heavy atom. The maximum Gasteiger partial charge on any atom is 0.417 e. The molecule has 0 aliphatic carbocycles. The summed E-state index contributed by atoms with van der Waals surface area (Å²) < 4.78 is 115. The zero-order valence-electron chi connectivity index (χ0n) is 10.4. The van der Waals surface area contributed by atoms with E-state index < -0.39 is 46.9 Å². The summed E-state index contributed by atoms with van der Waals surface area (Å²) in [6.45, 7) is 2.83. The molecule has 0 fully saturated rings. The molecular formula is C11H7F9N2. The highest BCUT2D eigenvalue weighted by Crippen LogP contribution is 2.47. The molecule has 1 rings (SSSR count). The lowest BCUT2D eigenvalue weighted by atomic mass is 9.95. The van der Waals surface area contributed by atoms with Crippen molar-refractivity contribution < 1.29 is 39.5 Å². The summed E-state index contributed by atoms with van der Waals surface area (Å²) in [5, 5.41) is 0. The van der Waals surface area contributed by atoms with Gasteiger partial charge in [-0.05, 0) is 24.4 Å². The first kappa shape index (κ1) is 18.3. The Hall–Kier alpha value is -1.78. The van der Waals surface area contributed by atoms with Crippen LogP contribution in [0, 0.1) is 0 Å². The molecule has 0 bridgehead atoms. The molecule has 11 heteroatoms. The van der Waals surface area contributed by atoms with Crippen molar-refractivity contribution in [3.8, 4) is 0 Å². The van der Waals surface area contributed by atoms with Gasteiger partial charge in [0, 0.05) is 0 Å². The summed E-state index contributed by atoms with van der Waals surface area (Å²) in [6.07, 6.45) is -18.9. The number of rotatable bonds is 2. The highest BCUT2D eigenvalue weighted by atomic mass is 19.4. The summed E-state index contributed by atoms with van der Waals surface area (Å²) in [4.78, 5) is 3.01. The maximum absolute atomic E-state index is 12.7. The summed E-state index contributed by atoms with van der Waals surface area (Å²) in [6, 6.07) is -0.227. The lowest BCUT2D eigenvalue weighted by molar-refractivity contribution is -0.174. The number of nitrogens with two attached hydrogens (primary N) is 1. The van der Waals surface area contributed by atoms with E-state index in [0.29, 0.717) is 0 Å². The molecule has 0 aromatic heterocycles. The quantitative estimate of drug-likeness (QED) is 0.630. The fraction of sp³-hybridized carbons (Fsp3) is 0.364. The van der Waals surface area contributed by atoms with Crippen molar-refractivity contribution in [2.75, 3.05) is 0 Å². The van der Waals surface area contributed by atoms with E-state index in [1.54, 1.807) is 0 Å². The predicted molar refractivity (Wildman–Crippen MR) is 57.9 cm³/mol. The van der Waals surface area contributed by atoms with Crippen molar-refractivity contribution in [3.63, 3.8) is 0 Å². The van der Waals surface area contributed by atoms with Crippen LogP contribution in [0.1, 0.15) is 28.4 Å². The third-order valence-corrected chi connectivity index (χ3v) is 2.59. The molecule has 0 saturated heterocycles. The number of aliphatic imine (C=N–C) groups is 1. The van der Waals surface area contributed by atoms with Gasteiger partial charge in [-0.2, -0.15) is 39.5 Å². The van der Waals surface area contributed by atoms with E-state index in [2.05, 4.69) is 11.7 Å². The van der Waals surface area contributed by atoms with Crippen LogP contribution in [0.4, 0.5) is 39.5 Å². The third-order valence-electron chi connectivity index (χ3n) is 2.59. The zero-order valence-corrected chi connectivity index (χ0v) is 10.4. The van der Waals surface area contributed by atoms with Gasteiger partial charge in [0.15, 0.2) is 0 Å². The van der Waals surface area contributed by atoms with Gasteiger partial charge in [-0.25, -0.2) is 0 Å². The smallest absolute Gasteiger partial charge is 0.306 e. The standard InChI is InChI=1S/C11H7F9N2/c1-22-8(21)4-2-5(9(12,13)14)7(11(18,19)20)6(3-4)10(15,16)17/h2-3,8H,1,21H2. The molecule has 1 unspecified atom stereocenters. The number of alkyl halides is 9. The molecule has 0 heterocycles. The summed E-state index contributed by atoms with van der Waals surface area (Å²) in [5.41, 5.74) is -3.53. The fourth-order valence-electron chi connectivity index (χ4n) is 1.69. The molecule has 124 valence electrons. The first-order chi connectivity index (χ1) is 9.69. The van der Waals surface area contributed by atoms with Gasteiger partial charge in [0.25, 0.3) is 0 Å². The van der Waals surface area contributed by atoms with Crippen molar-refractivity contribution in [3.05, 3.63) is 34.4 Å². The van der Waals surface area contributed by atoms with Crippen LogP contribution in [0.25, 0.3) is 0 Å². The van der Waals surface area contributed by atoms with E-state index in [4.69, 9.17) is 5.73 Å². The van der Waals surface area contributed by atoms with Gasteiger partial charge in [0.05, 0.1) is 16.7 Å². The average molecular weight is 338 g/mol. The van der Waals surface area contributed by atoms with Crippen molar-refractivity contribution in [1.29, 1.82) is 0 Å². The van der Waals surface area contributed by atoms with Crippen LogP contribution < -0.4 is 5.73 Å². The molecule has 1 aromatic carbocycles. The second kappa shape index (κ2) is 5.45. The van der Waals surface area contributed by atoms with E-state index in [1.165, 1.54) is 0 Å². The Morgan fingerprint density at radius 3 is 1.41 bits per heavy atom. The molecule has 1 atom stereocenters. The molecule has 0 saturated carbocycles. The topological polar surface area (TPSA) is 38.4 Å². The van der Waals surface area contributed by atoms with Gasteiger partial charge in [-0.1, -0.05) is 0 Å². The minimum absolute atomic E-state index is 0.114. The Labute approximate surface area is 117 Å². The molecule has 0 spiro atoms. The molecule has 22 heavy (non-hydrogen) atoms. The SMILES string of the molecule is C=NC(N)c1cc(C(F)(F)F)c(C(F)(F)F)c(C(F)(F)F)c1. The molecule has 0 aliphatic rings. The number of hydrogen-bond donors (Lipinski definition) is 1. The van der Waals surface area contributed by atoms with Crippen molar-refractivity contribution in [2.24, 2.45) is 10.7 Å². The first-order valence-corrected chi connectivity index (χ1v) is 5.30. The number of halogens is 9. The van der Waals surface area contributed by atoms with Crippen molar-refractivity contribution in [2.45, 2.75) is 24.7 Å². The van der Waals surface area contributed by atoms with Crippen molar-refractivity contribution in [1.82, 2.24) is 0 Å². The van der Waals surface area contributed by atoms with Crippen LogP contribution >= 0.6 is 0 Å². The largest absolute Gasteiger partial charge is 0.417 e. The molecular weight excluding hydrogens is 331 g/mol. The second-order valence-electron chi connectivity index (χ2n) is 4.11. The minimum atomic E-state index is -5.86. The highest BCUT2D eigenvalue weighted by Gasteiger charge is 2.50. The van der Waals surface area contributed by atoms with Gasteiger partial charge >= 0.3 is 18.5 Å². The Bertz CT molecular complexity index is 533. The number of hydrogen-bond acceptors (Lipinski definition) is 2. The van der Waals surface area contributed by atoms with E-state index in [9.17, 15) is 39.5 Å². The van der Waals surface area contributed by atoms with Crippen molar-refractivity contribution >= 4 is 6.72 Å². The molecule has 1 aromatic rings. The summed E-state index contributed by atoms with van der Waals surface area (Å²) >= 11 is 0. The zero-order chi connectivity index (χ0) is 17.5. The monoisotopic (exact) mass is 338 g/mol. The van der Waals surface area contributed by atoms with E-state index in [1.807, 2.05) is 0 Å². The van der Waals surface area contributed by atoms with Crippen LogP contribution in [0.2, 0.25) is 0 Å². The minimum Gasteiger partial charge on any atom is -0.306 e. The average Bonchev–Trinajstić information content (AvgIpc) is 2.33. The highest BCUT2D eigenvalue weighted by molar-refractivity contribution is 5.45. The maximum atomic E-state index is 12.7. The van der Waals surface area contributed by atoms with Gasteiger partial charge < -0.3 is 5.73 Å². The summed E-state index contributed by atoms with van der Waals surface area (Å²) in [7, 11) is 0. The lowest BCUT2D eigenvalue weighted by Crippen LogP contribution is -2.24. The van der Waals surface area contributed by atoms with E-state index in [-0.39, 0.29) is 12.1 Å². The van der Waals surface area contributed by atoms with Gasteiger partial charge in [0.2, 0.25) is 0 Å². The number of benzene rings is 1. The van der Waals surface area contributed by atoms with Gasteiger partial charge in [0.1, 0.15) is 6.17 Å². The van der Waals surface area contributed by atoms with Crippen LogP contribution in [0.5, 0.6) is 0 Å². The van der Waals surface area contributed by atoms with Crippen LogP contribution in [0.15, 0.2) is 17.1 Å². The van der Waals surface area contributed by atoms with Crippen LogP contribution in [-0.4, -0.2) is 6.72 Å². The number of nitrogens with zero attached hydrogens (tertiary/aromatic N) is 1. The van der Waals surface area contributed by atoms with Crippen LogP contribution in [-0.2, 0) is 18.5 Å². The van der Waals surface area contributed by atoms with E-state index in [0.717, 1.165) is 0 Å². The predicted octanol–water partition coefficient (Wildman–Crippen LogP) is 4.40. The normalized spacial score (nSPS) is 14.8. The molecule has 0 amide bonds. The molecule has 2 nitrogen and oxygen atoms in total. The van der Waals surface area contributed by atoms with Gasteiger partial charge in [-0.15, -0.1) is 0 Å². The summed E-state index contributed by atoms with van der Waals surface area (Å²) in [5.74, 6) is 0. The Balaban J connectivity index is 3.90. The molecule has 0 radical (unpaired) electrons. The van der Waals surface area contributed by atoms with Gasteiger partial charge in [-0.3, -0.25) is 4.99 Å². The third kappa shape index (κ3) is 3.70. The second-order valence-corrected chi connectivity index (χ2v) is 4.11. The molecule has 2 N–H and O–H groups in total. The van der Waals surface area contributed by atoms with E-state index >= 15 is 0 Å². The Morgan fingerprint density at radius 2 is 1.18 bits per heavy atom. The van der Waals surface area contributed by atoms with Crippen LogP contribution in [0.3, 0.4) is 0 Å². The fourth-order valence-corrected chi connectivity index (χ4v) is 1.69. The first-order valence-electron chi connectivity index (χ1n) is 5.30. The molecule has 0 aliphatic heterocycles.